The number of ether oxygens (including phenoxy) is 2. The number of amides is 2. The number of para-hydroxylation sites is 1. The number of hydrogen-bond acceptors (Lipinski definition) is 8. The minimum atomic E-state index is -3.60. The van der Waals surface area contributed by atoms with E-state index in [0.717, 1.165) is 54.3 Å². The number of likely N-dealkylation sites (tertiary alicyclic amines) is 1. The number of benzene rings is 2. The smallest absolute Gasteiger partial charge is 0.272 e. The number of carbonyl (C=O) groups is 2. The first-order valence-electron chi connectivity index (χ1n) is 15.9. The van der Waals surface area contributed by atoms with Gasteiger partial charge >= 0.3 is 0 Å². The maximum Gasteiger partial charge on any atom is 0.272 e. The van der Waals surface area contributed by atoms with Crippen molar-refractivity contribution in [1.82, 2.24) is 19.3 Å². The lowest BCUT2D eigenvalue weighted by Gasteiger charge is -2.37. The molecule has 0 radical (unpaired) electrons. The summed E-state index contributed by atoms with van der Waals surface area (Å²) >= 11 is 0. The highest BCUT2D eigenvalue weighted by Gasteiger charge is 2.37. The predicted octanol–water partition coefficient (Wildman–Crippen LogP) is 3.47. The number of aryl methyl sites for hydroxylation is 1. The summed E-state index contributed by atoms with van der Waals surface area (Å²) < 4.78 is 39.8. The lowest BCUT2D eigenvalue weighted by molar-refractivity contribution is -0.137. The molecule has 2 aliphatic heterocycles. The number of fused-ring (bicyclic) bond motifs is 1. The Hall–Kier alpha value is -3.65. The monoisotopic (exact) mass is 668 g/mol. The highest BCUT2D eigenvalue weighted by molar-refractivity contribution is 7.92. The number of nitrogens with zero attached hydrogens (tertiary/aromatic N) is 4. The van der Waals surface area contributed by atoms with E-state index in [1.165, 1.54) is 7.11 Å². The molecule has 2 N–H and O–H groups in total. The molecule has 0 saturated carbocycles. The Morgan fingerprint density at radius 1 is 1.00 bits per heavy atom. The van der Waals surface area contributed by atoms with Gasteiger partial charge in [0.15, 0.2) is 5.75 Å². The summed E-state index contributed by atoms with van der Waals surface area (Å²) in [5.41, 5.74) is 3.64. The Bertz CT molecular complexity index is 1760. The number of sulfonamides is 1. The summed E-state index contributed by atoms with van der Waals surface area (Å²) in [6.45, 7) is 10.4. The van der Waals surface area contributed by atoms with E-state index in [1.54, 1.807) is 13.2 Å². The van der Waals surface area contributed by atoms with E-state index in [4.69, 9.17) is 9.47 Å². The first-order valence-corrected chi connectivity index (χ1v) is 17.8. The zero-order chi connectivity index (χ0) is 34.3. The topological polar surface area (TPSA) is 125 Å². The maximum absolute atomic E-state index is 13.8. The van der Waals surface area contributed by atoms with Crippen LogP contribution < -0.4 is 14.8 Å². The highest BCUT2D eigenvalue weighted by Crippen LogP contribution is 2.39. The average Bonchev–Trinajstić information content (AvgIpc) is 3.55. The normalized spacial score (nSPS) is 19.7. The number of likely N-dealkylation sites (N-methyl/N-ethyl adjacent to an activating group) is 1. The van der Waals surface area contributed by atoms with Gasteiger partial charge in [-0.1, -0.05) is 39.0 Å². The number of aromatic nitrogens is 1. The summed E-state index contributed by atoms with van der Waals surface area (Å²) in [7, 11) is 3.40. The second-order valence-electron chi connectivity index (χ2n) is 13.8. The molecule has 13 heteroatoms. The Kier molecular flexibility index (Phi) is 9.93. The van der Waals surface area contributed by atoms with Gasteiger partial charge < -0.3 is 24.3 Å². The second kappa shape index (κ2) is 13.5. The zero-order valence-electron chi connectivity index (χ0n) is 28.7. The molecule has 0 aliphatic carbocycles. The molecule has 0 bridgehead atoms. The predicted molar refractivity (Wildman–Crippen MR) is 185 cm³/mol. The van der Waals surface area contributed by atoms with Crippen LogP contribution in [-0.2, 0) is 38.6 Å². The Labute approximate surface area is 278 Å². The van der Waals surface area contributed by atoms with Gasteiger partial charge in [-0.25, -0.2) is 8.42 Å². The van der Waals surface area contributed by atoms with Crippen LogP contribution in [0.5, 0.6) is 5.75 Å². The largest absolute Gasteiger partial charge is 0.492 e. The van der Waals surface area contributed by atoms with Gasteiger partial charge in [-0.15, -0.1) is 0 Å². The average molecular weight is 669 g/mol. The number of carbonyl (C=O) groups excluding carboxylic acids is 2. The molecule has 3 heterocycles. The molecule has 0 unspecified atom stereocenters. The van der Waals surface area contributed by atoms with Crippen LogP contribution in [-0.4, -0.2) is 112 Å². The van der Waals surface area contributed by atoms with E-state index in [-0.39, 0.29) is 40.8 Å². The quantitative estimate of drug-likeness (QED) is 0.355. The van der Waals surface area contributed by atoms with Gasteiger partial charge in [-0.2, -0.15) is 0 Å². The molecule has 3 aromatic rings. The van der Waals surface area contributed by atoms with Crippen molar-refractivity contribution in [3.63, 3.8) is 0 Å². The molecule has 2 aromatic carbocycles. The zero-order valence-corrected chi connectivity index (χ0v) is 29.5. The van der Waals surface area contributed by atoms with Gasteiger partial charge in [0, 0.05) is 58.8 Å². The third-order valence-corrected chi connectivity index (χ3v) is 9.87. The summed E-state index contributed by atoms with van der Waals surface area (Å²) in [4.78, 5) is 33.5. The summed E-state index contributed by atoms with van der Waals surface area (Å²) in [5.74, 6) is 0.0618. The molecular formula is C34H48N6O6S. The molecule has 2 aliphatic rings. The van der Waals surface area contributed by atoms with Crippen LogP contribution in [0.25, 0.3) is 10.9 Å². The van der Waals surface area contributed by atoms with Crippen molar-refractivity contribution >= 4 is 44.1 Å². The molecular weight excluding hydrogens is 620 g/mol. The molecule has 256 valence electrons. The van der Waals surface area contributed by atoms with E-state index >= 15 is 0 Å². The molecule has 47 heavy (non-hydrogen) atoms. The van der Waals surface area contributed by atoms with Gasteiger partial charge in [0.2, 0.25) is 15.9 Å². The number of nitrogens with one attached hydrogen (secondary N) is 2. The molecule has 2 amide bonds. The van der Waals surface area contributed by atoms with Crippen molar-refractivity contribution < 1.29 is 27.5 Å². The number of rotatable bonds is 9. The molecule has 1 aromatic heterocycles. The van der Waals surface area contributed by atoms with E-state index < -0.39 is 10.0 Å². The first kappa shape index (κ1) is 34.7. The van der Waals surface area contributed by atoms with Crippen LogP contribution in [0.15, 0.2) is 36.4 Å². The van der Waals surface area contributed by atoms with Gasteiger partial charge in [-0.3, -0.25) is 24.1 Å². The lowest BCUT2D eigenvalue weighted by atomic mass is 9.86. The van der Waals surface area contributed by atoms with Crippen molar-refractivity contribution in [2.24, 2.45) is 7.05 Å². The summed E-state index contributed by atoms with van der Waals surface area (Å²) in [5, 5.41) is 3.93. The third kappa shape index (κ3) is 7.58. The Morgan fingerprint density at radius 2 is 1.68 bits per heavy atom. The molecule has 12 nitrogen and oxygen atoms in total. The van der Waals surface area contributed by atoms with E-state index in [1.807, 2.05) is 68.6 Å². The van der Waals surface area contributed by atoms with E-state index in [2.05, 4.69) is 25.9 Å². The van der Waals surface area contributed by atoms with Crippen molar-refractivity contribution in [1.29, 1.82) is 0 Å². The SMILES string of the molecule is COc1c(NC(=O)c2cc3cccc(CN4CCN(C(=O)[C@H]5C[C@@H](OC)CN5C)CC4)c3n2C)cc(C(C)(C)C)cc1NS(C)(=O)=O. The fraction of sp³-hybridized carbons (Fsp3) is 0.529. The van der Waals surface area contributed by atoms with Gasteiger partial charge in [0.05, 0.1) is 42.4 Å². The van der Waals surface area contributed by atoms with Crippen molar-refractivity contribution in [2.45, 2.75) is 51.3 Å². The lowest BCUT2D eigenvalue weighted by Crippen LogP contribution is -2.52. The Balaban J connectivity index is 1.34. The highest BCUT2D eigenvalue weighted by atomic mass is 32.2. The number of methoxy groups -OCH3 is 2. The number of piperazine rings is 1. The van der Waals surface area contributed by atoms with Crippen LogP contribution in [0.2, 0.25) is 0 Å². The maximum atomic E-state index is 13.8. The van der Waals surface area contributed by atoms with E-state index in [9.17, 15) is 18.0 Å². The second-order valence-corrected chi connectivity index (χ2v) is 15.5. The summed E-state index contributed by atoms with van der Waals surface area (Å²) in [6.07, 6.45) is 1.90. The van der Waals surface area contributed by atoms with Crippen LogP contribution in [0.1, 0.15) is 48.8 Å². The fourth-order valence-electron chi connectivity index (χ4n) is 6.67. The minimum absolute atomic E-state index is 0.0954. The molecule has 2 fully saturated rings. The van der Waals surface area contributed by atoms with Crippen LogP contribution >= 0.6 is 0 Å². The van der Waals surface area contributed by atoms with Crippen molar-refractivity contribution in [2.75, 3.05) is 70.3 Å². The van der Waals surface area contributed by atoms with Crippen molar-refractivity contribution in [3.05, 3.63) is 53.2 Å². The van der Waals surface area contributed by atoms with Gasteiger partial charge in [0.25, 0.3) is 5.91 Å². The first-order chi connectivity index (χ1) is 22.1. The number of anilines is 2. The van der Waals surface area contributed by atoms with Gasteiger partial charge in [-0.05, 0) is 48.2 Å². The number of hydrogen-bond donors (Lipinski definition) is 2. The molecule has 0 spiro atoms. The Morgan fingerprint density at radius 3 is 2.28 bits per heavy atom. The molecule has 2 atom stereocenters. The summed E-state index contributed by atoms with van der Waals surface area (Å²) in [6, 6.07) is 11.4. The van der Waals surface area contributed by atoms with E-state index in [0.29, 0.717) is 31.0 Å². The standard InChI is InChI=1S/C34H48N6O6S/c1-34(2,3)24-17-26(31(46-7)27(18-24)36-47(8,43)44)35-32(41)28-16-22-10-9-11-23(30(22)38(28)5)20-39-12-14-40(15-13-39)33(42)29-19-25(45-6)21-37(29)4/h9-11,16-18,25,29,36H,12-15,19-21H2,1-8H3,(H,35,41)/t25-,29-/m1/s1. The minimum Gasteiger partial charge on any atom is -0.492 e. The third-order valence-electron chi connectivity index (χ3n) is 9.28. The molecule has 2 saturated heterocycles. The van der Waals surface area contributed by atoms with Gasteiger partial charge in [0.1, 0.15) is 5.69 Å². The fourth-order valence-corrected chi connectivity index (χ4v) is 7.22. The van der Waals surface area contributed by atoms with Crippen LogP contribution in [0.3, 0.4) is 0 Å². The molecule has 5 rings (SSSR count). The van der Waals surface area contributed by atoms with Crippen LogP contribution in [0, 0.1) is 0 Å². The van der Waals surface area contributed by atoms with Crippen molar-refractivity contribution in [3.8, 4) is 5.75 Å². The van der Waals surface area contributed by atoms with Crippen LogP contribution in [0.4, 0.5) is 11.4 Å².